The maximum Gasteiger partial charge on any atom is 0.330 e. The minimum Gasteiger partial charge on any atom is -0.479 e. The number of rotatable bonds is 5. The second kappa shape index (κ2) is 6.00. The lowest BCUT2D eigenvalue weighted by molar-refractivity contribution is -0.142. The summed E-state index contributed by atoms with van der Waals surface area (Å²) in [6, 6.07) is 6.78. The van der Waals surface area contributed by atoms with Gasteiger partial charge in [-0.1, -0.05) is 37.3 Å². The topological polar surface area (TPSA) is 92.4 Å². The van der Waals surface area contributed by atoms with Crippen molar-refractivity contribution < 1.29 is 14.7 Å². The van der Waals surface area contributed by atoms with Crippen LogP contribution in [0.3, 0.4) is 0 Å². The first-order chi connectivity index (χ1) is 8.06. The summed E-state index contributed by atoms with van der Waals surface area (Å²) in [7, 11) is 0. The molecule has 0 aromatic heterocycles. The van der Waals surface area contributed by atoms with Gasteiger partial charge in [-0.3, -0.25) is 4.79 Å². The first-order valence-corrected chi connectivity index (χ1v) is 5.40. The Labute approximate surface area is 99.6 Å². The summed E-state index contributed by atoms with van der Waals surface area (Å²) in [6.07, 6.45) is 0.465. The molecule has 17 heavy (non-hydrogen) atoms. The Morgan fingerprint density at radius 2 is 1.94 bits per heavy atom. The predicted octanol–water partition coefficient (Wildman–Crippen LogP) is 0.666. The number of hydrogen-bond donors (Lipinski definition) is 3. The Kier molecular flexibility index (Phi) is 4.66. The Morgan fingerprint density at radius 1 is 1.35 bits per heavy atom. The molecule has 0 bridgehead atoms. The van der Waals surface area contributed by atoms with Gasteiger partial charge >= 0.3 is 5.97 Å². The molecule has 0 radical (unpaired) electrons. The average molecular weight is 236 g/mol. The van der Waals surface area contributed by atoms with Crippen LogP contribution in [-0.2, 0) is 9.59 Å². The van der Waals surface area contributed by atoms with E-state index in [4.69, 9.17) is 10.8 Å². The van der Waals surface area contributed by atoms with E-state index < -0.39 is 24.0 Å². The Morgan fingerprint density at radius 3 is 2.41 bits per heavy atom. The summed E-state index contributed by atoms with van der Waals surface area (Å²) in [5.41, 5.74) is 6.06. The lowest BCUT2D eigenvalue weighted by Gasteiger charge is -2.17. The molecule has 92 valence electrons. The monoisotopic (exact) mass is 236 g/mol. The third-order valence-corrected chi connectivity index (χ3v) is 2.44. The van der Waals surface area contributed by atoms with E-state index in [1.807, 2.05) is 0 Å². The van der Waals surface area contributed by atoms with Crippen molar-refractivity contribution in [1.29, 1.82) is 0 Å². The van der Waals surface area contributed by atoms with E-state index in [0.717, 1.165) is 0 Å². The molecule has 0 spiro atoms. The zero-order valence-corrected chi connectivity index (χ0v) is 9.59. The van der Waals surface area contributed by atoms with Crippen molar-refractivity contribution in [2.45, 2.75) is 25.4 Å². The second-order valence-electron chi connectivity index (χ2n) is 3.71. The average Bonchev–Trinajstić information content (AvgIpc) is 2.35. The Hall–Kier alpha value is -1.88. The SMILES string of the molecule is CC[C@H](N)C(=O)N[C@H](C(=O)O)c1ccccc1. The molecule has 0 aliphatic heterocycles. The predicted molar refractivity (Wildman–Crippen MR) is 63.2 cm³/mol. The van der Waals surface area contributed by atoms with Crippen LogP contribution in [-0.4, -0.2) is 23.0 Å². The summed E-state index contributed by atoms with van der Waals surface area (Å²) in [4.78, 5) is 22.7. The largest absolute Gasteiger partial charge is 0.479 e. The number of hydrogen-bond acceptors (Lipinski definition) is 3. The highest BCUT2D eigenvalue weighted by Crippen LogP contribution is 2.12. The molecule has 0 saturated heterocycles. The smallest absolute Gasteiger partial charge is 0.330 e. The molecule has 0 fully saturated rings. The van der Waals surface area contributed by atoms with Crippen LogP contribution in [0.5, 0.6) is 0 Å². The molecule has 0 aliphatic carbocycles. The van der Waals surface area contributed by atoms with Crippen molar-refractivity contribution in [2.75, 3.05) is 0 Å². The van der Waals surface area contributed by atoms with Crippen LogP contribution < -0.4 is 11.1 Å². The number of carboxylic acids is 1. The highest BCUT2D eigenvalue weighted by molar-refractivity contribution is 5.87. The van der Waals surface area contributed by atoms with Gasteiger partial charge in [0.2, 0.25) is 5.91 Å². The molecule has 1 aromatic rings. The second-order valence-corrected chi connectivity index (χ2v) is 3.71. The van der Waals surface area contributed by atoms with Gasteiger partial charge < -0.3 is 16.2 Å². The fraction of sp³-hybridized carbons (Fsp3) is 0.333. The molecule has 5 nitrogen and oxygen atoms in total. The summed E-state index contributed by atoms with van der Waals surface area (Å²) in [6.45, 7) is 1.77. The van der Waals surface area contributed by atoms with Crippen LogP contribution in [0.25, 0.3) is 0 Å². The van der Waals surface area contributed by atoms with E-state index in [-0.39, 0.29) is 0 Å². The lowest BCUT2D eigenvalue weighted by atomic mass is 10.1. The first kappa shape index (κ1) is 13.2. The van der Waals surface area contributed by atoms with E-state index in [1.165, 1.54) is 0 Å². The fourth-order valence-corrected chi connectivity index (χ4v) is 1.37. The van der Waals surface area contributed by atoms with E-state index in [9.17, 15) is 9.59 Å². The zero-order valence-electron chi connectivity index (χ0n) is 9.59. The summed E-state index contributed by atoms with van der Waals surface area (Å²) in [5.74, 6) is -1.56. The van der Waals surface area contributed by atoms with Gasteiger partial charge in [0, 0.05) is 0 Å². The van der Waals surface area contributed by atoms with Gasteiger partial charge in [0.1, 0.15) is 0 Å². The minimum absolute atomic E-state index is 0.455. The molecule has 0 heterocycles. The molecule has 0 saturated carbocycles. The number of nitrogens with one attached hydrogen (secondary N) is 1. The van der Waals surface area contributed by atoms with E-state index in [0.29, 0.717) is 12.0 Å². The van der Waals surface area contributed by atoms with Crippen molar-refractivity contribution in [3.05, 3.63) is 35.9 Å². The highest BCUT2D eigenvalue weighted by Gasteiger charge is 2.23. The van der Waals surface area contributed by atoms with Gasteiger partial charge in [-0.15, -0.1) is 0 Å². The van der Waals surface area contributed by atoms with Crippen molar-refractivity contribution >= 4 is 11.9 Å². The zero-order chi connectivity index (χ0) is 12.8. The van der Waals surface area contributed by atoms with Gasteiger partial charge in [0.15, 0.2) is 6.04 Å². The first-order valence-electron chi connectivity index (χ1n) is 5.40. The lowest BCUT2D eigenvalue weighted by Crippen LogP contribution is -2.43. The van der Waals surface area contributed by atoms with Crippen LogP contribution in [0, 0.1) is 0 Å². The quantitative estimate of drug-likeness (QED) is 0.700. The van der Waals surface area contributed by atoms with Crippen LogP contribution >= 0.6 is 0 Å². The number of benzene rings is 1. The van der Waals surface area contributed by atoms with Crippen molar-refractivity contribution in [2.24, 2.45) is 5.73 Å². The Bertz CT molecular complexity index is 392. The maximum absolute atomic E-state index is 11.6. The van der Waals surface area contributed by atoms with Crippen molar-refractivity contribution in [1.82, 2.24) is 5.32 Å². The molecule has 5 heteroatoms. The van der Waals surface area contributed by atoms with Gasteiger partial charge in [0.05, 0.1) is 6.04 Å². The molecule has 4 N–H and O–H groups in total. The molecule has 1 rings (SSSR count). The number of nitrogens with two attached hydrogens (primary N) is 1. The van der Waals surface area contributed by atoms with Crippen LogP contribution in [0.1, 0.15) is 24.9 Å². The van der Waals surface area contributed by atoms with Crippen molar-refractivity contribution in [3.63, 3.8) is 0 Å². The minimum atomic E-state index is -1.10. The van der Waals surface area contributed by atoms with Gasteiger partial charge in [-0.2, -0.15) is 0 Å². The Balaban J connectivity index is 2.82. The summed E-state index contributed by atoms with van der Waals surface area (Å²) in [5, 5.41) is 11.5. The number of carbonyl (C=O) groups is 2. The fourth-order valence-electron chi connectivity index (χ4n) is 1.37. The van der Waals surface area contributed by atoms with Gasteiger partial charge in [-0.05, 0) is 12.0 Å². The molecule has 0 aliphatic rings. The van der Waals surface area contributed by atoms with Gasteiger partial charge in [0.25, 0.3) is 0 Å². The summed E-state index contributed by atoms with van der Waals surface area (Å²) < 4.78 is 0. The molecule has 2 atom stereocenters. The molecule has 0 unspecified atom stereocenters. The van der Waals surface area contributed by atoms with E-state index >= 15 is 0 Å². The maximum atomic E-state index is 11.6. The third-order valence-electron chi connectivity index (χ3n) is 2.44. The van der Waals surface area contributed by atoms with E-state index in [1.54, 1.807) is 37.3 Å². The summed E-state index contributed by atoms with van der Waals surface area (Å²) >= 11 is 0. The molecule has 1 aromatic carbocycles. The number of aliphatic carboxylic acids is 1. The van der Waals surface area contributed by atoms with Crippen molar-refractivity contribution in [3.8, 4) is 0 Å². The number of carbonyl (C=O) groups excluding carboxylic acids is 1. The standard InChI is InChI=1S/C12H16N2O3/c1-2-9(13)11(15)14-10(12(16)17)8-6-4-3-5-7-8/h3-7,9-10H,2,13H2,1H3,(H,14,15)(H,16,17)/t9-,10-/m0/s1. The molecular weight excluding hydrogens is 220 g/mol. The molecular formula is C12H16N2O3. The van der Waals surface area contributed by atoms with Crippen LogP contribution in [0.4, 0.5) is 0 Å². The number of amides is 1. The number of carboxylic acid groups (broad SMARTS) is 1. The van der Waals surface area contributed by atoms with Gasteiger partial charge in [-0.25, -0.2) is 4.79 Å². The third kappa shape index (κ3) is 3.57. The van der Waals surface area contributed by atoms with Crippen LogP contribution in [0.2, 0.25) is 0 Å². The van der Waals surface area contributed by atoms with Crippen LogP contribution in [0.15, 0.2) is 30.3 Å². The normalized spacial score (nSPS) is 13.8. The highest BCUT2D eigenvalue weighted by atomic mass is 16.4. The molecule has 1 amide bonds. The van der Waals surface area contributed by atoms with E-state index in [2.05, 4.69) is 5.32 Å².